The van der Waals surface area contributed by atoms with Crippen LogP contribution < -0.4 is 11.1 Å². The van der Waals surface area contributed by atoms with Gasteiger partial charge in [-0.2, -0.15) is 0 Å². The third-order valence-corrected chi connectivity index (χ3v) is 3.93. The topological polar surface area (TPSA) is 70.6 Å². The summed E-state index contributed by atoms with van der Waals surface area (Å²) in [5.74, 6) is 1.59. The van der Waals surface area contributed by atoms with E-state index < -0.39 is 0 Å². The fourth-order valence-electron chi connectivity index (χ4n) is 2.65. The lowest BCUT2D eigenvalue weighted by Crippen LogP contribution is -2.39. The molecule has 1 aliphatic carbocycles. The zero-order valence-electron chi connectivity index (χ0n) is 12.7. The Morgan fingerprint density at radius 2 is 2.05 bits per heavy atom. The zero-order chi connectivity index (χ0) is 14.3. The van der Waals surface area contributed by atoms with E-state index in [4.69, 9.17) is 5.73 Å². The van der Waals surface area contributed by atoms with Crippen molar-refractivity contribution in [2.45, 2.75) is 71.4 Å². The molecule has 0 aliphatic heterocycles. The molecule has 4 N–H and O–H groups in total. The molecule has 4 nitrogen and oxygen atoms in total. The largest absolute Gasteiger partial charge is 0.393 e. The van der Waals surface area contributed by atoms with Crippen LogP contribution in [0.25, 0.3) is 0 Å². The average Bonchev–Trinajstić information content (AvgIpc) is 2.71. The van der Waals surface area contributed by atoms with Crippen molar-refractivity contribution in [2.24, 2.45) is 22.6 Å². The van der Waals surface area contributed by atoms with Gasteiger partial charge >= 0.3 is 0 Å². The number of nitrogens with two attached hydrogens (primary N) is 1. The quantitative estimate of drug-likeness (QED) is 0.490. The van der Waals surface area contributed by atoms with Crippen LogP contribution in [0.1, 0.15) is 59.3 Å². The standard InChI is InChI=1S/C15H31N3O/c1-11(2)6-4-7-12(3)18-15(16)17-10-13-8-5-9-14(13)19/h11-14,19H,4-10H2,1-3H3,(H3,16,17,18). The summed E-state index contributed by atoms with van der Waals surface area (Å²) in [6, 6.07) is 0.371. The lowest BCUT2D eigenvalue weighted by molar-refractivity contribution is 0.136. The molecule has 0 aromatic rings. The van der Waals surface area contributed by atoms with Gasteiger partial charge in [-0.3, -0.25) is 4.99 Å². The summed E-state index contributed by atoms with van der Waals surface area (Å²) >= 11 is 0. The van der Waals surface area contributed by atoms with Gasteiger partial charge in [-0.1, -0.05) is 33.1 Å². The van der Waals surface area contributed by atoms with Crippen molar-refractivity contribution < 1.29 is 5.11 Å². The van der Waals surface area contributed by atoms with Crippen molar-refractivity contribution in [3.63, 3.8) is 0 Å². The van der Waals surface area contributed by atoms with Gasteiger partial charge in [0.1, 0.15) is 0 Å². The predicted molar refractivity (Wildman–Crippen MR) is 81.1 cm³/mol. The predicted octanol–water partition coefficient (Wildman–Crippen LogP) is 2.27. The average molecular weight is 269 g/mol. The molecule has 4 heteroatoms. The highest BCUT2D eigenvalue weighted by Crippen LogP contribution is 2.25. The highest BCUT2D eigenvalue weighted by molar-refractivity contribution is 5.78. The highest BCUT2D eigenvalue weighted by Gasteiger charge is 2.24. The number of hydrogen-bond acceptors (Lipinski definition) is 2. The van der Waals surface area contributed by atoms with Crippen LogP contribution >= 0.6 is 0 Å². The van der Waals surface area contributed by atoms with Crippen molar-refractivity contribution in [3.05, 3.63) is 0 Å². The second-order valence-corrected chi connectivity index (χ2v) is 6.35. The Balaban J connectivity index is 2.19. The maximum atomic E-state index is 9.72. The van der Waals surface area contributed by atoms with E-state index in [1.165, 1.54) is 12.8 Å². The van der Waals surface area contributed by atoms with Crippen LogP contribution in [0.2, 0.25) is 0 Å². The number of aliphatic hydroxyl groups excluding tert-OH is 1. The van der Waals surface area contributed by atoms with Crippen LogP contribution in [0.3, 0.4) is 0 Å². The lowest BCUT2D eigenvalue weighted by Gasteiger charge is -2.16. The van der Waals surface area contributed by atoms with Gasteiger partial charge in [-0.15, -0.1) is 0 Å². The first-order chi connectivity index (χ1) is 8.99. The minimum absolute atomic E-state index is 0.181. The van der Waals surface area contributed by atoms with Gasteiger partial charge in [0.25, 0.3) is 0 Å². The van der Waals surface area contributed by atoms with Crippen LogP contribution in [0, 0.1) is 11.8 Å². The van der Waals surface area contributed by atoms with E-state index in [1.54, 1.807) is 0 Å². The molecule has 3 atom stereocenters. The maximum absolute atomic E-state index is 9.72. The summed E-state index contributed by atoms with van der Waals surface area (Å²) in [6.07, 6.45) is 6.53. The van der Waals surface area contributed by atoms with E-state index in [2.05, 4.69) is 31.1 Å². The molecule has 0 aromatic heterocycles. The molecule has 112 valence electrons. The second kappa shape index (κ2) is 8.41. The van der Waals surface area contributed by atoms with Gasteiger partial charge in [0.15, 0.2) is 5.96 Å². The number of aliphatic imine (C=N–C) groups is 1. The minimum Gasteiger partial charge on any atom is -0.393 e. The Bertz CT molecular complexity index is 279. The van der Waals surface area contributed by atoms with E-state index in [1.807, 2.05) is 0 Å². The van der Waals surface area contributed by atoms with Gasteiger partial charge < -0.3 is 16.2 Å². The summed E-state index contributed by atoms with van der Waals surface area (Å²) in [5, 5.41) is 13.0. The summed E-state index contributed by atoms with van der Waals surface area (Å²) in [7, 11) is 0. The van der Waals surface area contributed by atoms with E-state index >= 15 is 0 Å². The van der Waals surface area contributed by atoms with Crippen LogP contribution in [0.5, 0.6) is 0 Å². The van der Waals surface area contributed by atoms with Gasteiger partial charge in [0.05, 0.1) is 6.10 Å². The van der Waals surface area contributed by atoms with E-state index in [9.17, 15) is 5.11 Å². The van der Waals surface area contributed by atoms with Crippen molar-refractivity contribution in [1.29, 1.82) is 0 Å². The molecule has 0 spiro atoms. The molecule has 0 aromatic carbocycles. The monoisotopic (exact) mass is 269 g/mol. The van der Waals surface area contributed by atoms with Gasteiger partial charge in [0.2, 0.25) is 0 Å². The first-order valence-corrected chi connectivity index (χ1v) is 7.73. The van der Waals surface area contributed by atoms with Crippen molar-refractivity contribution >= 4 is 5.96 Å². The molecule has 19 heavy (non-hydrogen) atoms. The maximum Gasteiger partial charge on any atom is 0.188 e. The molecule has 0 saturated heterocycles. The van der Waals surface area contributed by atoms with Crippen LogP contribution in [0.15, 0.2) is 4.99 Å². The van der Waals surface area contributed by atoms with E-state index in [0.717, 1.165) is 31.6 Å². The van der Waals surface area contributed by atoms with Crippen LogP contribution in [-0.4, -0.2) is 29.8 Å². The first kappa shape index (κ1) is 16.3. The number of nitrogens with one attached hydrogen (secondary N) is 1. The van der Waals surface area contributed by atoms with Crippen molar-refractivity contribution in [2.75, 3.05) is 6.54 Å². The number of hydrogen-bond donors (Lipinski definition) is 3. The first-order valence-electron chi connectivity index (χ1n) is 7.73. The van der Waals surface area contributed by atoms with E-state index in [-0.39, 0.29) is 6.10 Å². The van der Waals surface area contributed by atoms with Gasteiger partial charge in [0, 0.05) is 18.5 Å². The number of rotatable bonds is 7. The van der Waals surface area contributed by atoms with Crippen molar-refractivity contribution in [3.8, 4) is 0 Å². The molecule has 1 aliphatic rings. The number of aliphatic hydroxyl groups is 1. The zero-order valence-corrected chi connectivity index (χ0v) is 12.7. The molecule has 0 amide bonds. The van der Waals surface area contributed by atoms with Crippen LogP contribution in [0.4, 0.5) is 0 Å². The Morgan fingerprint density at radius 3 is 2.63 bits per heavy atom. The van der Waals surface area contributed by atoms with Crippen LogP contribution in [-0.2, 0) is 0 Å². The molecule has 0 bridgehead atoms. The highest BCUT2D eigenvalue weighted by atomic mass is 16.3. The van der Waals surface area contributed by atoms with Crippen molar-refractivity contribution in [1.82, 2.24) is 5.32 Å². The molecular formula is C15H31N3O. The molecular weight excluding hydrogens is 238 g/mol. The summed E-state index contributed by atoms with van der Waals surface area (Å²) in [4.78, 5) is 4.36. The number of guanidine groups is 1. The Hall–Kier alpha value is -0.770. The summed E-state index contributed by atoms with van der Waals surface area (Å²) in [5.41, 5.74) is 5.89. The third kappa shape index (κ3) is 6.81. The Kier molecular flexibility index (Phi) is 7.21. The van der Waals surface area contributed by atoms with E-state index in [0.29, 0.717) is 24.5 Å². The second-order valence-electron chi connectivity index (χ2n) is 6.35. The Morgan fingerprint density at radius 1 is 1.32 bits per heavy atom. The molecule has 0 heterocycles. The Labute approximate surface area is 117 Å². The fraction of sp³-hybridized carbons (Fsp3) is 0.933. The van der Waals surface area contributed by atoms with Gasteiger partial charge in [-0.25, -0.2) is 0 Å². The molecule has 0 radical (unpaired) electrons. The minimum atomic E-state index is -0.181. The summed E-state index contributed by atoms with van der Waals surface area (Å²) in [6.45, 7) is 7.30. The molecule has 1 fully saturated rings. The number of nitrogens with zero attached hydrogens (tertiary/aromatic N) is 1. The molecule has 1 saturated carbocycles. The fourth-order valence-corrected chi connectivity index (χ4v) is 2.65. The molecule has 3 unspecified atom stereocenters. The lowest BCUT2D eigenvalue weighted by atomic mass is 10.0. The third-order valence-electron chi connectivity index (χ3n) is 3.93. The smallest absolute Gasteiger partial charge is 0.188 e. The van der Waals surface area contributed by atoms with Gasteiger partial charge in [-0.05, 0) is 32.1 Å². The normalized spacial score (nSPS) is 25.8. The SMILES string of the molecule is CC(C)CCCC(C)NC(N)=NCC1CCCC1O. The summed E-state index contributed by atoms with van der Waals surface area (Å²) < 4.78 is 0. The molecule has 1 rings (SSSR count).